The quantitative estimate of drug-likeness (QED) is 0.514. The molecule has 0 unspecified atom stereocenters. The number of nitrogens with zero attached hydrogens (tertiary/aromatic N) is 3. The lowest BCUT2D eigenvalue weighted by atomic mass is 10.1. The number of para-hydroxylation sites is 1. The third kappa shape index (κ3) is 6.00. The summed E-state index contributed by atoms with van der Waals surface area (Å²) in [5.41, 5.74) is 10.5. The van der Waals surface area contributed by atoms with E-state index in [9.17, 15) is 0 Å². The Bertz CT molecular complexity index is 873. The smallest absolute Gasteiger partial charge is 0.204 e. The molecule has 0 fully saturated rings. The molecule has 1 amide bonds. The number of amides is 1. The van der Waals surface area contributed by atoms with Crippen molar-refractivity contribution in [1.82, 2.24) is 9.97 Å². The highest BCUT2D eigenvalue weighted by Crippen LogP contribution is 2.27. The van der Waals surface area contributed by atoms with Gasteiger partial charge in [-0.3, -0.25) is 14.8 Å². The predicted octanol–water partition coefficient (Wildman–Crippen LogP) is 3.97. The van der Waals surface area contributed by atoms with Gasteiger partial charge in [0.15, 0.2) is 0 Å². The summed E-state index contributed by atoms with van der Waals surface area (Å²) in [6.45, 7) is 4.00. The van der Waals surface area contributed by atoms with Crippen LogP contribution < -0.4 is 14.8 Å². The summed E-state index contributed by atoms with van der Waals surface area (Å²) in [5, 5.41) is 0. The maximum Gasteiger partial charge on any atom is 0.204 e. The number of aromatic nitrogens is 2. The van der Waals surface area contributed by atoms with Crippen LogP contribution in [0.15, 0.2) is 60.9 Å². The highest BCUT2D eigenvalue weighted by atomic mass is 32.2. The van der Waals surface area contributed by atoms with Crippen LogP contribution >= 0.6 is 12.1 Å². The van der Waals surface area contributed by atoms with E-state index in [1.54, 1.807) is 0 Å². The standard InChI is InChI=1S/C19H20N4S.CH3NO/c1-14-11-16(9-10-20-14)17-12-19(15(2)21-13-17)22-24-23(3)18-7-5-4-6-8-18;2-1-3/h4-13,22H,1-3H3;1H,(H2,2,3). The molecular formula is C20H23N5OS. The number of carbonyl (C=O) groups excluding carboxylic acids is 1. The number of rotatable bonds is 5. The lowest BCUT2D eigenvalue weighted by molar-refractivity contribution is -0.106. The number of nitrogens with one attached hydrogen (secondary N) is 1. The minimum absolute atomic E-state index is 0.250. The maximum atomic E-state index is 8.58. The molecule has 6 nitrogen and oxygen atoms in total. The van der Waals surface area contributed by atoms with Crippen LogP contribution in [0.3, 0.4) is 0 Å². The molecule has 0 aliphatic carbocycles. The summed E-state index contributed by atoms with van der Waals surface area (Å²) in [6.07, 6.45) is 3.98. The molecule has 3 rings (SSSR count). The SMILES string of the molecule is Cc1cc(-c2cnc(C)c(NSN(C)c3ccccc3)c2)ccn1.NC=O. The Morgan fingerprint density at radius 3 is 2.44 bits per heavy atom. The van der Waals surface area contributed by atoms with Crippen molar-refractivity contribution in [2.24, 2.45) is 5.73 Å². The Morgan fingerprint density at radius 2 is 1.78 bits per heavy atom. The van der Waals surface area contributed by atoms with Crippen molar-refractivity contribution in [2.45, 2.75) is 13.8 Å². The topological polar surface area (TPSA) is 84.1 Å². The van der Waals surface area contributed by atoms with Crippen LogP contribution in [0.25, 0.3) is 11.1 Å². The second-order valence-electron chi connectivity index (χ2n) is 5.71. The minimum Gasteiger partial charge on any atom is -0.372 e. The molecule has 3 aromatic rings. The van der Waals surface area contributed by atoms with Gasteiger partial charge in [0.1, 0.15) is 0 Å². The van der Waals surface area contributed by atoms with Crippen molar-refractivity contribution in [3.63, 3.8) is 0 Å². The highest BCUT2D eigenvalue weighted by molar-refractivity contribution is 8.01. The Balaban J connectivity index is 0.000000817. The van der Waals surface area contributed by atoms with Gasteiger partial charge < -0.3 is 14.8 Å². The predicted molar refractivity (Wildman–Crippen MR) is 113 cm³/mol. The van der Waals surface area contributed by atoms with Crippen LogP contribution in [0.2, 0.25) is 0 Å². The first-order valence-corrected chi connectivity index (χ1v) is 9.09. The molecule has 7 heteroatoms. The first-order valence-electron chi connectivity index (χ1n) is 8.32. The van der Waals surface area contributed by atoms with Crippen LogP contribution in [0.4, 0.5) is 11.4 Å². The van der Waals surface area contributed by atoms with E-state index in [2.05, 4.69) is 49.0 Å². The normalized spacial score (nSPS) is 9.74. The van der Waals surface area contributed by atoms with E-state index >= 15 is 0 Å². The Kier molecular flexibility index (Phi) is 7.63. The van der Waals surface area contributed by atoms with Gasteiger partial charge in [0.25, 0.3) is 0 Å². The molecule has 0 atom stereocenters. The summed E-state index contributed by atoms with van der Waals surface area (Å²) in [5.74, 6) is 0. The van der Waals surface area contributed by atoms with Gasteiger partial charge in [0.05, 0.1) is 23.5 Å². The zero-order valence-electron chi connectivity index (χ0n) is 15.6. The van der Waals surface area contributed by atoms with Crippen molar-refractivity contribution in [3.8, 4) is 11.1 Å². The number of aryl methyl sites for hydroxylation is 2. The fourth-order valence-electron chi connectivity index (χ4n) is 2.33. The summed E-state index contributed by atoms with van der Waals surface area (Å²) in [6, 6.07) is 16.4. The summed E-state index contributed by atoms with van der Waals surface area (Å²) >= 11 is 1.53. The molecule has 0 spiro atoms. The molecule has 27 heavy (non-hydrogen) atoms. The van der Waals surface area contributed by atoms with E-state index in [1.165, 1.54) is 12.1 Å². The second-order valence-corrected chi connectivity index (χ2v) is 6.64. The Morgan fingerprint density at radius 1 is 1.07 bits per heavy atom. The van der Waals surface area contributed by atoms with Gasteiger partial charge >= 0.3 is 0 Å². The fourth-order valence-corrected chi connectivity index (χ4v) is 3.00. The van der Waals surface area contributed by atoms with Crippen LogP contribution in [0, 0.1) is 13.8 Å². The van der Waals surface area contributed by atoms with E-state index in [-0.39, 0.29) is 6.41 Å². The van der Waals surface area contributed by atoms with Gasteiger partial charge in [-0.2, -0.15) is 0 Å². The molecule has 0 bridgehead atoms. The van der Waals surface area contributed by atoms with Gasteiger partial charge in [0, 0.05) is 36.4 Å². The zero-order chi connectivity index (χ0) is 19.6. The zero-order valence-corrected chi connectivity index (χ0v) is 16.4. The number of nitrogens with two attached hydrogens (primary N) is 1. The monoisotopic (exact) mass is 381 g/mol. The molecule has 2 aromatic heterocycles. The van der Waals surface area contributed by atoms with E-state index in [4.69, 9.17) is 4.79 Å². The van der Waals surface area contributed by atoms with Gasteiger partial charge in [-0.15, -0.1) is 0 Å². The average molecular weight is 382 g/mol. The second kappa shape index (κ2) is 10.2. The van der Waals surface area contributed by atoms with Crippen LogP contribution in [-0.2, 0) is 4.79 Å². The fraction of sp³-hybridized carbons (Fsp3) is 0.150. The molecule has 0 aliphatic heterocycles. The van der Waals surface area contributed by atoms with Crippen molar-refractivity contribution >= 4 is 29.9 Å². The Hall–Kier alpha value is -3.06. The number of hydrogen-bond donors (Lipinski definition) is 2. The van der Waals surface area contributed by atoms with Gasteiger partial charge in [-0.1, -0.05) is 18.2 Å². The van der Waals surface area contributed by atoms with Crippen LogP contribution in [-0.4, -0.2) is 23.4 Å². The van der Waals surface area contributed by atoms with E-state index < -0.39 is 0 Å². The van der Waals surface area contributed by atoms with E-state index in [0.29, 0.717) is 0 Å². The van der Waals surface area contributed by atoms with E-state index in [1.807, 2.05) is 57.6 Å². The molecule has 0 aliphatic rings. The maximum absolute atomic E-state index is 8.58. The summed E-state index contributed by atoms with van der Waals surface area (Å²) in [7, 11) is 2.03. The number of carbonyl (C=O) groups is 1. The van der Waals surface area contributed by atoms with E-state index in [0.717, 1.165) is 33.9 Å². The molecule has 1 aromatic carbocycles. The third-order valence-electron chi connectivity index (χ3n) is 3.73. The molecule has 2 heterocycles. The summed E-state index contributed by atoms with van der Waals surface area (Å²) in [4.78, 5) is 17.4. The van der Waals surface area contributed by atoms with Crippen molar-refractivity contribution in [1.29, 1.82) is 0 Å². The number of pyridine rings is 2. The largest absolute Gasteiger partial charge is 0.372 e. The number of anilines is 2. The van der Waals surface area contributed by atoms with Crippen molar-refractivity contribution in [3.05, 3.63) is 72.3 Å². The summed E-state index contributed by atoms with van der Waals surface area (Å²) < 4.78 is 5.49. The molecule has 0 radical (unpaired) electrons. The average Bonchev–Trinajstić information content (AvgIpc) is 2.68. The molecule has 140 valence electrons. The third-order valence-corrected chi connectivity index (χ3v) is 4.53. The minimum atomic E-state index is 0.250. The number of primary amides is 1. The van der Waals surface area contributed by atoms with Gasteiger partial charge in [-0.25, -0.2) is 0 Å². The van der Waals surface area contributed by atoms with Crippen LogP contribution in [0.1, 0.15) is 11.4 Å². The molecule has 0 saturated heterocycles. The molecule has 3 N–H and O–H groups in total. The number of benzene rings is 1. The first kappa shape index (κ1) is 20.3. The van der Waals surface area contributed by atoms with Gasteiger partial charge in [0.2, 0.25) is 6.41 Å². The van der Waals surface area contributed by atoms with Crippen molar-refractivity contribution < 1.29 is 4.79 Å². The Labute approximate surface area is 164 Å². The molecule has 0 saturated carbocycles. The van der Waals surface area contributed by atoms with Gasteiger partial charge in [-0.05, 0) is 49.7 Å². The lowest BCUT2D eigenvalue weighted by Crippen LogP contribution is -2.10. The molecular weight excluding hydrogens is 358 g/mol. The highest BCUT2D eigenvalue weighted by Gasteiger charge is 2.07. The van der Waals surface area contributed by atoms with Crippen LogP contribution in [0.5, 0.6) is 0 Å². The van der Waals surface area contributed by atoms with Crippen molar-refractivity contribution in [2.75, 3.05) is 16.1 Å². The number of hydrogen-bond acceptors (Lipinski definition) is 6. The first-order chi connectivity index (χ1) is 13.0. The lowest BCUT2D eigenvalue weighted by Gasteiger charge is -2.19.